The largest absolute Gasteiger partial charge is 0.368 e. The van der Waals surface area contributed by atoms with Crippen molar-refractivity contribution < 1.29 is 8.42 Å². The highest BCUT2D eigenvalue weighted by molar-refractivity contribution is 7.89. The van der Waals surface area contributed by atoms with Crippen molar-refractivity contribution in [3.8, 4) is 0 Å². The van der Waals surface area contributed by atoms with Crippen molar-refractivity contribution in [2.24, 2.45) is 5.92 Å². The van der Waals surface area contributed by atoms with Gasteiger partial charge in [0.15, 0.2) is 0 Å². The lowest BCUT2D eigenvalue weighted by atomic mass is 10.4. The van der Waals surface area contributed by atoms with Crippen LogP contribution in [0, 0.1) is 12.8 Å². The molecule has 0 amide bonds. The summed E-state index contributed by atoms with van der Waals surface area (Å²) < 4.78 is 28.7. The SMILES string of the molecule is Cc1cnn(CCNc2ccc(S(=O)(=O)NCC3CC3)cn2)c1. The molecule has 3 rings (SSSR count). The van der Waals surface area contributed by atoms with E-state index in [4.69, 9.17) is 0 Å². The number of hydrogen-bond donors (Lipinski definition) is 2. The molecule has 0 aliphatic heterocycles. The second kappa shape index (κ2) is 6.67. The Hall–Kier alpha value is -1.93. The van der Waals surface area contributed by atoms with Crippen LogP contribution in [0.4, 0.5) is 5.82 Å². The highest BCUT2D eigenvalue weighted by atomic mass is 32.2. The van der Waals surface area contributed by atoms with E-state index in [1.165, 1.54) is 6.20 Å². The first-order valence-electron chi connectivity index (χ1n) is 7.71. The number of sulfonamides is 1. The number of aryl methyl sites for hydroxylation is 1. The number of nitrogens with one attached hydrogen (secondary N) is 2. The standard InChI is InChI=1S/C15H21N5O2S/c1-12-8-18-20(11-12)7-6-16-15-5-4-14(10-17-15)23(21,22)19-9-13-2-3-13/h4-5,8,10-11,13,19H,2-3,6-7,9H2,1H3,(H,16,17). The van der Waals surface area contributed by atoms with Crippen LogP contribution in [0.1, 0.15) is 18.4 Å². The molecule has 124 valence electrons. The van der Waals surface area contributed by atoms with Gasteiger partial charge in [-0.25, -0.2) is 18.1 Å². The van der Waals surface area contributed by atoms with Gasteiger partial charge in [-0.1, -0.05) is 0 Å². The average molecular weight is 335 g/mol. The van der Waals surface area contributed by atoms with Crippen molar-refractivity contribution in [1.82, 2.24) is 19.5 Å². The highest BCUT2D eigenvalue weighted by Crippen LogP contribution is 2.28. The predicted molar refractivity (Wildman–Crippen MR) is 87.6 cm³/mol. The van der Waals surface area contributed by atoms with Gasteiger partial charge in [0.05, 0.1) is 12.7 Å². The minimum atomic E-state index is -3.45. The highest BCUT2D eigenvalue weighted by Gasteiger charge is 2.24. The first-order chi connectivity index (χ1) is 11.0. The van der Waals surface area contributed by atoms with E-state index in [-0.39, 0.29) is 4.90 Å². The van der Waals surface area contributed by atoms with Gasteiger partial charge in [-0.15, -0.1) is 0 Å². The normalized spacial score (nSPS) is 14.8. The van der Waals surface area contributed by atoms with E-state index in [1.807, 2.05) is 24.0 Å². The van der Waals surface area contributed by atoms with Crippen LogP contribution in [0.2, 0.25) is 0 Å². The van der Waals surface area contributed by atoms with Gasteiger partial charge in [-0.2, -0.15) is 5.10 Å². The smallest absolute Gasteiger partial charge is 0.242 e. The van der Waals surface area contributed by atoms with Crippen LogP contribution in [0.15, 0.2) is 35.6 Å². The summed E-state index contributed by atoms with van der Waals surface area (Å²) in [6.45, 7) is 3.90. The van der Waals surface area contributed by atoms with Crippen molar-refractivity contribution in [3.63, 3.8) is 0 Å². The maximum absolute atomic E-state index is 12.1. The van der Waals surface area contributed by atoms with Gasteiger partial charge >= 0.3 is 0 Å². The molecule has 1 fully saturated rings. The molecule has 8 heteroatoms. The third-order valence-electron chi connectivity index (χ3n) is 3.71. The van der Waals surface area contributed by atoms with E-state index in [9.17, 15) is 8.42 Å². The summed E-state index contributed by atoms with van der Waals surface area (Å²) in [5.74, 6) is 1.15. The van der Waals surface area contributed by atoms with E-state index >= 15 is 0 Å². The van der Waals surface area contributed by atoms with Crippen LogP contribution in [0.3, 0.4) is 0 Å². The van der Waals surface area contributed by atoms with Gasteiger partial charge in [-0.05, 0) is 43.4 Å². The van der Waals surface area contributed by atoms with Crippen LogP contribution in [0.25, 0.3) is 0 Å². The van der Waals surface area contributed by atoms with Crippen LogP contribution in [-0.4, -0.2) is 36.3 Å². The zero-order chi connectivity index (χ0) is 16.3. The Kier molecular flexibility index (Phi) is 4.63. The minimum Gasteiger partial charge on any atom is -0.368 e. The van der Waals surface area contributed by atoms with Gasteiger partial charge in [-0.3, -0.25) is 4.68 Å². The van der Waals surface area contributed by atoms with Gasteiger partial charge in [0.1, 0.15) is 10.7 Å². The topological polar surface area (TPSA) is 88.9 Å². The second-order valence-corrected chi connectivity index (χ2v) is 7.65. The van der Waals surface area contributed by atoms with Crippen LogP contribution < -0.4 is 10.0 Å². The first-order valence-corrected chi connectivity index (χ1v) is 9.20. The third-order valence-corrected chi connectivity index (χ3v) is 5.12. The van der Waals surface area contributed by atoms with E-state index in [1.54, 1.807) is 12.1 Å². The minimum absolute atomic E-state index is 0.200. The maximum atomic E-state index is 12.1. The molecule has 1 saturated carbocycles. The molecule has 7 nitrogen and oxygen atoms in total. The summed E-state index contributed by atoms with van der Waals surface area (Å²) >= 11 is 0. The lowest BCUT2D eigenvalue weighted by Crippen LogP contribution is -2.26. The summed E-state index contributed by atoms with van der Waals surface area (Å²) in [6.07, 6.45) is 7.39. The van der Waals surface area contributed by atoms with E-state index in [0.717, 1.165) is 24.9 Å². The Morgan fingerprint density at radius 1 is 1.30 bits per heavy atom. The van der Waals surface area contributed by atoms with Crippen molar-refractivity contribution in [3.05, 3.63) is 36.3 Å². The molecule has 2 heterocycles. The van der Waals surface area contributed by atoms with Gasteiger partial charge in [0, 0.05) is 25.5 Å². The van der Waals surface area contributed by atoms with E-state index in [2.05, 4.69) is 20.1 Å². The number of hydrogen-bond acceptors (Lipinski definition) is 5. The lowest BCUT2D eigenvalue weighted by Gasteiger charge is -2.08. The van der Waals surface area contributed by atoms with Crippen molar-refractivity contribution in [1.29, 1.82) is 0 Å². The third kappa shape index (κ3) is 4.52. The molecule has 0 unspecified atom stereocenters. The molecule has 0 bridgehead atoms. The number of aromatic nitrogens is 3. The first kappa shape index (κ1) is 15.9. The molecule has 2 aromatic heterocycles. The number of pyridine rings is 1. The summed E-state index contributed by atoms with van der Waals surface area (Å²) in [4.78, 5) is 4.36. The summed E-state index contributed by atoms with van der Waals surface area (Å²) in [5, 5.41) is 7.36. The summed E-state index contributed by atoms with van der Waals surface area (Å²) in [6, 6.07) is 3.25. The molecular weight excluding hydrogens is 314 g/mol. The molecule has 0 aromatic carbocycles. The average Bonchev–Trinajstić information content (AvgIpc) is 3.28. The van der Waals surface area contributed by atoms with Crippen molar-refractivity contribution >= 4 is 15.8 Å². The van der Waals surface area contributed by atoms with Crippen LogP contribution in [0.5, 0.6) is 0 Å². The van der Waals surface area contributed by atoms with Crippen molar-refractivity contribution in [2.45, 2.75) is 31.2 Å². The van der Waals surface area contributed by atoms with Gasteiger partial charge in [0.2, 0.25) is 10.0 Å². The summed E-state index contributed by atoms with van der Waals surface area (Å²) in [5.41, 5.74) is 1.12. The fourth-order valence-electron chi connectivity index (χ4n) is 2.16. The lowest BCUT2D eigenvalue weighted by molar-refractivity contribution is 0.577. The molecule has 1 aliphatic rings. The molecule has 0 atom stereocenters. The molecule has 1 aliphatic carbocycles. The number of anilines is 1. The zero-order valence-corrected chi connectivity index (χ0v) is 13.9. The molecule has 2 aromatic rings. The van der Waals surface area contributed by atoms with E-state index < -0.39 is 10.0 Å². The van der Waals surface area contributed by atoms with Gasteiger partial charge < -0.3 is 5.32 Å². The molecule has 0 saturated heterocycles. The van der Waals surface area contributed by atoms with Gasteiger partial charge in [0.25, 0.3) is 0 Å². The van der Waals surface area contributed by atoms with Crippen LogP contribution in [-0.2, 0) is 16.6 Å². The maximum Gasteiger partial charge on any atom is 0.242 e. The monoisotopic (exact) mass is 335 g/mol. The fraction of sp³-hybridized carbons (Fsp3) is 0.467. The molecule has 23 heavy (non-hydrogen) atoms. The van der Waals surface area contributed by atoms with Crippen LogP contribution >= 0.6 is 0 Å². The molecular formula is C15H21N5O2S. The molecule has 2 N–H and O–H groups in total. The Labute approximate surface area is 136 Å². The summed E-state index contributed by atoms with van der Waals surface area (Å²) in [7, 11) is -3.45. The fourth-order valence-corrected chi connectivity index (χ4v) is 3.22. The molecule has 0 radical (unpaired) electrons. The van der Waals surface area contributed by atoms with E-state index in [0.29, 0.717) is 24.8 Å². The Bertz CT molecular complexity index is 750. The van der Waals surface area contributed by atoms with Crippen molar-refractivity contribution in [2.75, 3.05) is 18.4 Å². The second-order valence-electron chi connectivity index (χ2n) is 5.88. The number of rotatable bonds is 8. The Morgan fingerprint density at radius 2 is 2.13 bits per heavy atom. The molecule has 0 spiro atoms. The zero-order valence-electron chi connectivity index (χ0n) is 13.1. The Morgan fingerprint density at radius 3 is 2.74 bits per heavy atom. The quantitative estimate of drug-likeness (QED) is 0.761. The number of nitrogens with zero attached hydrogens (tertiary/aromatic N) is 3. The predicted octanol–water partition coefficient (Wildman–Crippen LogP) is 1.39. The Balaban J connectivity index is 1.51.